The molecule has 0 saturated heterocycles. The smallest absolute Gasteiger partial charge is 0.105 e. The highest BCUT2D eigenvalue weighted by Crippen LogP contribution is 2.48. The highest BCUT2D eigenvalue weighted by Gasteiger charge is 2.42. The highest BCUT2D eigenvalue weighted by molar-refractivity contribution is 5.29. The van der Waals surface area contributed by atoms with Gasteiger partial charge in [-0.05, 0) is 104 Å². The van der Waals surface area contributed by atoms with E-state index < -0.39 is 0 Å². The summed E-state index contributed by atoms with van der Waals surface area (Å²) in [6.07, 6.45) is 28.1. The van der Waals surface area contributed by atoms with Gasteiger partial charge in [-0.15, -0.1) is 0 Å². The Morgan fingerprint density at radius 1 is 0.551 bits per heavy atom. The Hall–Kier alpha value is -1.68. The van der Waals surface area contributed by atoms with Gasteiger partial charge in [-0.25, -0.2) is 4.89 Å². The van der Waals surface area contributed by atoms with E-state index in [9.17, 15) is 5.26 Å². The second kappa shape index (κ2) is 19.2. The van der Waals surface area contributed by atoms with Crippen molar-refractivity contribution in [3.05, 3.63) is 71.8 Å². The monoisotopic (exact) mass is 671 g/mol. The van der Waals surface area contributed by atoms with Crippen molar-refractivity contribution in [2.24, 2.45) is 41.4 Å². The molecule has 2 aromatic rings. The standard InChI is InChI=1S/C46H70O3/c1-3-11-35-18-22-37(23-19-35)33-39-26-30-43(31-27-39)48-45(41-14-9-6-10-15-41)44(40-12-7-5-8-13-40)46(49-47)42-28-24-38(25-29-42)32-36-20-16-34(4-2)17-21-36/h5-10,12-15,34-39,42-47H,3-4,11,16-33H2,1-2H3/t34?,35?,36?,37?,38?,39?,42?,43?,44-,45-,46?/m1/s1. The minimum Gasteiger partial charge on any atom is -0.370 e. The fraction of sp³-hybridized carbons (Fsp3) is 0.739. The van der Waals surface area contributed by atoms with Crippen molar-refractivity contribution < 1.29 is 14.9 Å². The molecule has 4 aliphatic carbocycles. The van der Waals surface area contributed by atoms with Crippen LogP contribution in [0.2, 0.25) is 0 Å². The van der Waals surface area contributed by atoms with Crippen LogP contribution in [0.25, 0.3) is 0 Å². The van der Waals surface area contributed by atoms with Gasteiger partial charge in [-0.1, -0.05) is 158 Å². The predicted octanol–water partition coefficient (Wildman–Crippen LogP) is 13.4. The van der Waals surface area contributed by atoms with Crippen LogP contribution in [0.1, 0.15) is 172 Å². The zero-order valence-corrected chi connectivity index (χ0v) is 31.2. The minimum atomic E-state index is -0.285. The number of benzene rings is 2. The van der Waals surface area contributed by atoms with Gasteiger partial charge in [0.25, 0.3) is 0 Å². The Bertz CT molecular complexity index is 1150. The third-order valence-electron chi connectivity index (χ3n) is 14.1. The molecule has 0 bridgehead atoms. The van der Waals surface area contributed by atoms with E-state index in [0.29, 0.717) is 5.92 Å². The van der Waals surface area contributed by atoms with E-state index in [1.807, 2.05) is 0 Å². The van der Waals surface area contributed by atoms with Crippen LogP contribution in [0, 0.1) is 41.4 Å². The molecular weight excluding hydrogens is 601 g/mol. The fourth-order valence-electron chi connectivity index (χ4n) is 11.1. The topological polar surface area (TPSA) is 38.7 Å². The molecule has 0 aromatic heterocycles. The molecule has 0 amide bonds. The van der Waals surface area contributed by atoms with Gasteiger partial charge < -0.3 is 4.74 Å². The summed E-state index contributed by atoms with van der Waals surface area (Å²) in [5.74, 6) is 5.81. The van der Waals surface area contributed by atoms with Crippen molar-refractivity contribution in [2.45, 2.75) is 173 Å². The summed E-state index contributed by atoms with van der Waals surface area (Å²) in [4.78, 5) is 5.65. The van der Waals surface area contributed by atoms with E-state index in [4.69, 9.17) is 9.62 Å². The summed E-state index contributed by atoms with van der Waals surface area (Å²) in [7, 11) is 0. The summed E-state index contributed by atoms with van der Waals surface area (Å²) in [5.41, 5.74) is 2.43. The Kier molecular flexibility index (Phi) is 14.6. The number of hydrogen-bond acceptors (Lipinski definition) is 3. The molecule has 4 fully saturated rings. The molecule has 3 heteroatoms. The van der Waals surface area contributed by atoms with Crippen LogP contribution in [0.3, 0.4) is 0 Å². The Labute approximate surface area is 300 Å². The zero-order valence-electron chi connectivity index (χ0n) is 31.2. The molecule has 1 N–H and O–H groups in total. The third kappa shape index (κ3) is 10.4. The van der Waals surface area contributed by atoms with Gasteiger partial charge >= 0.3 is 0 Å². The van der Waals surface area contributed by atoms with E-state index >= 15 is 0 Å². The number of rotatable bonds is 15. The maximum Gasteiger partial charge on any atom is 0.105 e. The maximum atomic E-state index is 10.8. The predicted molar refractivity (Wildman–Crippen MR) is 203 cm³/mol. The van der Waals surface area contributed by atoms with Gasteiger partial charge in [0.2, 0.25) is 0 Å². The summed E-state index contributed by atoms with van der Waals surface area (Å²) < 4.78 is 7.30. The van der Waals surface area contributed by atoms with Gasteiger partial charge in [-0.2, -0.15) is 0 Å². The molecule has 3 nitrogen and oxygen atoms in total. The first-order chi connectivity index (χ1) is 24.1. The molecule has 0 aliphatic heterocycles. The first-order valence-corrected chi connectivity index (χ1v) is 21.2. The number of ether oxygens (including phenoxy) is 1. The van der Waals surface area contributed by atoms with Crippen molar-refractivity contribution in [1.29, 1.82) is 0 Å². The molecule has 3 atom stereocenters. The summed E-state index contributed by atoms with van der Waals surface area (Å²) in [6.45, 7) is 4.71. The highest BCUT2D eigenvalue weighted by atomic mass is 17.1. The SMILES string of the molecule is CCCC1CCC(CC2CCC(O[C@H](c3ccccc3)[C@@H](c3ccccc3)C(OO)C3CCC(CC4CCC(CC)CC4)CC3)CC2)CC1. The van der Waals surface area contributed by atoms with Gasteiger partial charge in [0.05, 0.1) is 12.2 Å². The second-order valence-electron chi connectivity index (χ2n) is 17.3. The van der Waals surface area contributed by atoms with Crippen LogP contribution in [0.4, 0.5) is 0 Å². The van der Waals surface area contributed by atoms with Gasteiger partial charge in [0, 0.05) is 5.92 Å². The van der Waals surface area contributed by atoms with Crippen LogP contribution in [-0.4, -0.2) is 17.5 Å². The van der Waals surface area contributed by atoms with E-state index in [1.54, 1.807) is 0 Å². The van der Waals surface area contributed by atoms with Crippen LogP contribution in [0.15, 0.2) is 60.7 Å². The molecule has 272 valence electrons. The van der Waals surface area contributed by atoms with Crippen molar-refractivity contribution in [3.63, 3.8) is 0 Å². The minimum absolute atomic E-state index is 0.0597. The van der Waals surface area contributed by atoms with Gasteiger partial charge in [0.1, 0.15) is 6.10 Å². The normalized spacial score (nSPS) is 33.0. The van der Waals surface area contributed by atoms with E-state index in [-0.39, 0.29) is 24.2 Å². The average Bonchev–Trinajstić information content (AvgIpc) is 3.16. The largest absolute Gasteiger partial charge is 0.370 e. The lowest BCUT2D eigenvalue weighted by Crippen LogP contribution is -2.38. The maximum absolute atomic E-state index is 10.8. The molecular formula is C46H70O3. The lowest BCUT2D eigenvalue weighted by molar-refractivity contribution is -0.304. The van der Waals surface area contributed by atoms with Gasteiger partial charge in [0.15, 0.2) is 0 Å². The third-order valence-corrected chi connectivity index (χ3v) is 14.1. The zero-order chi connectivity index (χ0) is 33.8. The first-order valence-electron chi connectivity index (χ1n) is 21.2. The molecule has 4 saturated carbocycles. The van der Waals surface area contributed by atoms with Crippen molar-refractivity contribution in [2.75, 3.05) is 0 Å². The van der Waals surface area contributed by atoms with Gasteiger partial charge in [-0.3, -0.25) is 5.26 Å². The Morgan fingerprint density at radius 3 is 1.49 bits per heavy atom. The quantitative estimate of drug-likeness (QED) is 0.151. The van der Waals surface area contributed by atoms with Crippen molar-refractivity contribution in [1.82, 2.24) is 0 Å². The Balaban J connectivity index is 1.11. The second-order valence-corrected chi connectivity index (χ2v) is 17.3. The molecule has 4 aliphatic rings. The summed E-state index contributed by atoms with van der Waals surface area (Å²) >= 11 is 0. The van der Waals surface area contributed by atoms with Crippen molar-refractivity contribution in [3.8, 4) is 0 Å². The average molecular weight is 671 g/mol. The fourth-order valence-corrected chi connectivity index (χ4v) is 11.1. The van der Waals surface area contributed by atoms with E-state index in [1.165, 1.54) is 120 Å². The number of hydrogen-bond donors (Lipinski definition) is 1. The van der Waals surface area contributed by atoms with Crippen LogP contribution < -0.4 is 0 Å². The van der Waals surface area contributed by atoms with Crippen LogP contribution in [0.5, 0.6) is 0 Å². The molecule has 0 spiro atoms. The lowest BCUT2D eigenvalue weighted by atomic mass is 9.69. The van der Waals surface area contributed by atoms with Crippen LogP contribution >= 0.6 is 0 Å². The molecule has 0 radical (unpaired) electrons. The molecule has 6 rings (SSSR count). The first kappa shape index (κ1) is 37.1. The van der Waals surface area contributed by atoms with Crippen LogP contribution in [-0.2, 0) is 9.62 Å². The molecule has 0 heterocycles. The lowest BCUT2D eigenvalue weighted by Gasteiger charge is -2.42. The summed E-state index contributed by atoms with van der Waals surface area (Å²) in [6, 6.07) is 21.7. The molecule has 1 unspecified atom stereocenters. The van der Waals surface area contributed by atoms with E-state index in [2.05, 4.69) is 74.5 Å². The van der Waals surface area contributed by atoms with E-state index in [0.717, 1.165) is 61.2 Å². The molecule has 2 aromatic carbocycles. The summed E-state index contributed by atoms with van der Waals surface area (Å²) in [5, 5.41) is 10.8. The Morgan fingerprint density at radius 2 is 1.00 bits per heavy atom. The molecule has 49 heavy (non-hydrogen) atoms. The van der Waals surface area contributed by atoms with Crippen molar-refractivity contribution >= 4 is 0 Å².